The molecule has 0 radical (unpaired) electrons. The Morgan fingerprint density at radius 1 is 0.949 bits per heavy atom. The van der Waals surface area contributed by atoms with E-state index in [9.17, 15) is 14.3 Å². The van der Waals surface area contributed by atoms with Crippen LogP contribution >= 0.6 is 0 Å². The molecule has 0 atom stereocenters. The van der Waals surface area contributed by atoms with Gasteiger partial charge >= 0.3 is 0 Å². The normalized spacial score (nSPS) is 16.6. The van der Waals surface area contributed by atoms with Gasteiger partial charge in [0.05, 0.1) is 19.8 Å². The Kier molecular flexibility index (Phi) is 7.03. The van der Waals surface area contributed by atoms with Crippen molar-refractivity contribution in [1.82, 2.24) is 34.8 Å². The van der Waals surface area contributed by atoms with Crippen LogP contribution in [0.1, 0.15) is 10.4 Å². The van der Waals surface area contributed by atoms with E-state index in [4.69, 9.17) is 14.7 Å². The number of carbonyl (C=O) groups is 1. The van der Waals surface area contributed by atoms with Gasteiger partial charge in [-0.05, 0) is 36.4 Å². The second-order valence-corrected chi connectivity index (χ2v) is 9.65. The SMILES string of the molecule is O=C(c1ccc(F)cc1)N1CCN(CCn2nnc3c(N4CCOCC4)nc(-c4cccc(O)c4)nc32)CC1. The number of morpholine rings is 1. The summed E-state index contributed by atoms with van der Waals surface area (Å²) < 4.78 is 20.5. The number of hydrogen-bond acceptors (Lipinski definition) is 9. The number of carbonyl (C=O) groups excluding carboxylic acids is 1. The molecule has 0 bridgehead atoms. The molecule has 1 amide bonds. The number of amides is 1. The van der Waals surface area contributed by atoms with E-state index in [-0.39, 0.29) is 17.5 Å². The number of phenols is 1. The summed E-state index contributed by atoms with van der Waals surface area (Å²) in [5.74, 6) is 0.919. The number of benzene rings is 2. The van der Waals surface area contributed by atoms with Crippen LogP contribution in [0.5, 0.6) is 5.75 Å². The monoisotopic (exact) mass is 532 g/mol. The third-order valence-electron chi connectivity index (χ3n) is 7.14. The Bertz CT molecular complexity index is 1460. The number of fused-ring (bicyclic) bond motifs is 1. The highest BCUT2D eigenvalue weighted by molar-refractivity contribution is 5.94. The van der Waals surface area contributed by atoms with Gasteiger partial charge in [0.15, 0.2) is 22.8 Å². The van der Waals surface area contributed by atoms with E-state index in [2.05, 4.69) is 20.1 Å². The smallest absolute Gasteiger partial charge is 0.253 e. The fraction of sp³-hybridized carbons (Fsp3) is 0.370. The van der Waals surface area contributed by atoms with Crippen molar-refractivity contribution in [2.75, 3.05) is 63.9 Å². The van der Waals surface area contributed by atoms with Crippen LogP contribution in [-0.2, 0) is 11.3 Å². The number of hydrogen-bond donors (Lipinski definition) is 1. The lowest BCUT2D eigenvalue weighted by molar-refractivity contribution is 0.0632. The average Bonchev–Trinajstić information content (AvgIpc) is 3.39. The van der Waals surface area contributed by atoms with Crippen molar-refractivity contribution < 1.29 is 19.0 Å². The standard InChI is InChI=1S/C27H29FN8O3/c28-21-6-4-19(5-7-21)27(38)35-11-8-33(9-12-35)10-13-36-26-23(31-32-36)25(34-14-16-39-17-15-34)29-24(30-26)20-2-1-3-22(37)18-20/h1-7,18,37H,8-17H2. The molecule has 2 fully saturated rings. The summed E-state index contributed by atoms with van der Waals surface area (Å²) >= 11 is 0. The summed E-state index contributed by atoms with van der Waals surface area (Å²) in [5.41, 5.74) is 2.48. The summed E-state index contributed by atoms with van der Waals surface area (Å²) in [4.78, 5) is 28.6. The Labute approximate surface area is 224 Å². The number of aromatic hydroxyl groups is 1. The summed E-state index contributed by atoms with van der Waals surface area (Å²) in [6.45, 7) is 6.53. The molecule has 1 N–H and O–H groups in total. The maximum absolute atomic E-state index is 13.2. The van der Waals surface area contributed by atoms with Crippen LogP contribution in [0.3, 0.4) is 0 Å². The molecule has 2 saturated heterocycles. The summed E-state index contributed by atoms with van der Waals surface area (Å²) in [7, 11) is 0. The first-order valence-corrected chi connectivity index (χ1v) is 13.1. The predicted molar refractivity (Wildman–Crippen MR) is 142 cm³/mol. The number of phenolic OH excluding ortho intramolecular Hbond substituents is 1. The third kappa shape index (κ3) is 5.38. The molecule has 0 saturated carbocycles. The maximum atomic E-state index is 13.2. The van der Waals surface area contributed by atoms with Crippen molar-refractivity contribution in [3.63, 3.8) is 0 Å². The zero-order chi connectivity index (χ0) is 26.8. The minimum absolute atomic E-state index is 0.0799. The van der Waals surface area contributed by atoms with Crippen LogP contribution in [0.2, 0.25) is 0 Å². The Morgan fingerprint density at radius 2 is 1.72 bits per heavy atom. The first-order chi connectivity index (χ1) is 19.0. The average molecular weight is 533 g/mol. The number of anilines is 1. The van der Waals surface area contributed by atoms with E-state index in [0.29, 0.717) is 79.9 Å². The number of aromatic nitrogens is 5. The van der Waals surface area contributed by atoms with Gasteiger partial charge in [-0.2, -0.15) is 0 Å². The molecule has 0 spiro atoms. The van der Waals surface area contributed by atoms with Crippen molar-refractivity contribution in [2.24, 2.45) is 0 Å². The molecule has 2 aromatic heterocycles. The molecular weight excluding hydrogens is 503 g/mol. The number of nitrogens with zero attached hydrogens (tertiary/aromatic N) is 8. The van der Waals surface area contributed by atoms with Crippen LogP contribution in [0.25, 0.3) is 22.6 Å². The van der Waals surface area contributed by atoms with E-state index in [1.165, 1.54) is 24.3 Å². The van der Waals surface area contributed by atoms with Crippen molar-refractivity contribution >= 4 is 22.9 Å². The van der Waals surface area contributed by atoms with E-state index in [0.717, 1.165) is 19.6 Å². The molecule has 4 heterocycles. The van der Waals surface area contributed by atoms with E-state index in [1.54, 1.807) is 27.8 Å². The van der Waals surface area contributed by atoms with Gasteiger partial charge in [-0.1, -0.05) is 17.3 Å². The lowest BCUT2D eigenvalue weighted by Crippen LogP contribution is -2.49. The zero-order valence-corrected chi connectivity index (χ0v) is 21.4. The molecule has 0 unspecified atom stereocenters. The van der Waals surface area contributed by atoms with Crippen molar-refractivity contribution in [1.29, 1.82) is 0 Å². The predicted octanol–water partition coefficient (Wildman–Crippen LogP) is 2.03. The molecule has 6 rings (SSSR count). The highest BCUT2D eigenvalue weighted by atomic mass is 19.1. The molecule has 11 nitrogen and oxygen atoms in total. The van der Waals surface area contributed by atoms with Gasteiger partial charge in [0.1, 0.15) is 11.6 Å². The number of ether oxygens (including phenoxy) is 1. The minimum Gasteiger partial charge on any atom is -0.508 e. The molecule has 0 aliphatic carbocycles. The lowest BCUT2D eigenvalue weighted by atomic mass is 10.2. The second kappa shape index (κ2) is 10.9. The molecule has 39 heavy (non-hydrogen) atoms. The quantitative estimate of drug-likeness (QED) is 0.399. The minimum atomic E-state index is -0.353. The highest BCUT2D eigenvalue weighted by Gasteiger charge is 2.24. The molecule has 202 valence electrons. The largest absolute Gasteiger partial charge is 0.508 e. The third-order valence-corrected chi connectivity index (χ3v) is 7.14. The van der Waals surface area contributed by atoms with E-state index >= 15 is 0 Å². The van der Waals surface area contributed by atoms with Gasteiger partial charge < -0.3 is 19.6 Å². The van der Waals surface area contributed by atoms with Gasteiger partial charge in [-0.15, -0.1) is 5.10 Å². The number of piperazine rings is 1. The second-order valence-electron chi connectivity index (χ2n) is 9.65. The number of halogens is 1. The maximum Gasteiger partial charge on any atom is 0.253 e. The summed E-state index contributed by atoms with van der Waals surface area (Å²) in [6, 6.07) is 12.6. The highest BCUT2D eigenvalue weighted by Crippen LogP contribution is 2.28. The first-order valence-electron chi connectivity index (χ1n) is 13.1. The van der Waals surface area contributed by atoms with Crippen molar-refractivity contribution in [2.45, 2.75) is 6.54 Å². The van der Waals surface area contributed by atoms with Crippen LogP contribution in [0.15, 0.2) is 48.5 Å². The van der Waals surface area contributed by atoms with E-state index in [1.807, 2.05) is 6.07 Å². The molecule has 2 aromatic carbocycles. The zero-order valence-electron chi connectivity index (χ0n) is 21.4. The molecule has 2 aliphatic heterocycles. The topological polar surface area (TPSA) is 113 Å². The van der Waals surface area contributed by atoms with Crippen LogP contribution in [0, 0.1) is 5.82 Å². The van der Waals surface area contributed by atoms with Gasteiger partial charge in [-0.3, -0.25) is 9.69 Å². The Morgan fingerprint density at radius 3 is 2.46 bits per heavy atom. The lowest BCUT2D eigenvalue weighted by Gasteiger charge is -2.34. The summed E-state index contributed by atoms with van der Waals surface area (Å²) in [5, 5.41) is 18.9. The van der Waals surface area contributed by atoms with Gasteiger partial charge in [0.2, 0.25) is 0 Å². The molecule has 12 heteroatoms. The Balaban J connectivity index is 1.18. The molecule has 4 aromatic rings. The summed E-state index contributed by atoms with van der Waals surface area (Å²) in [6.07, 6.45) is 0. The fourth-order valence-electron chi connectivity index (χ4n) is 4.95. The Hall–Kier alpha value is -4.16. The first kappa shape index (κ1) is 25.1. The van der Waals surface area contributed by atoms with Crippen molar-refractivity contribution in [3.05, 3.63) is 59.9 Å². The number of rotatable bonds is 6. The van der Waals surface area contributed by atoms with E-state index < -0.39 is 0 Å². The van der Waals surface area contributed by atoms with Crippen molar-refractivity contribution in [3.8, 4) is 17.1 Å². The molecule has 2 aliphatic rings. The van der Waals surface area contributed by atoms with Gasteiger partial charge in [0, 0.05) is 56.9 Å². The van der Waals surface area contributed by atoms with Crippen LogP contribution in [0.4, 0.5) is 10.2 Å². The fourth-order valence-corrected chi connectivity index (χ4v) is 4.95. The van der Waals surface area contributed by atoms with Gasteiger partial charge in [0.25, 0.3) is 5.91 Å². The van der Waals surface area contributed by atoms with Gasteiger partial charge in [-0.25, -0.2) is 19.0 Å². The molecular formula is C27H29FN8O3. The van der Waals surface area contributed by atoms with Crippen LogP contribution in [-0.4, -0.2) is 105 Å². The van der Waals surface area contributed by atoms with Crippen LogP contribution < -0.4 is 4.90 Å².